The van der Waals surface area contributed by atoms with E-state index in [0.717, 1.165) is 28.9 Å². The molecule has 0 aliphatic heterocycles. The van der Waals surface area contributed by atoms with Gasteiger partial charge < -0.3 is 0 Å². The largest absolute Gasteiger partial charge is 0.241 e. The molecule has 3 aromatic rings. The van der Waals surface area contributed by atoms with Crippen LogP contribution in [0, 0.1) is 0 Å². The molecule has 0 unspecified atom stereocenters. The van der Waals surface area contributed by atoms with Crippen LogP contribution in [0.1, 0.15) is 12.5 Å². The molecule has 4 nitrogen and oxygen atoms in total. The Morgan fingerprint density at radius 3 is 2.75 bits per heavy atom. The van der Waals surface area contributed by atoms with Crippen LogP contribution in [0.3, 0.4) is 0 Å². The van der Waals surface area contributed by atoms with Gasteiger partial charge in [-0.3, -0.25) is 0 Å². The molecular weight excluding hydrogens is 296 g/mol. The Hall–Kier alpha value is -3.01. The molecule has 2 aromatic carbocycles. The van der Waals surface area contributed by atoms with Crippen molar-refractivity contribution in [1.82, 2.24) is 9.78 Å². The van der Waals surface area contributed by atoms with Crippen LogP contribution >= 0.6 is 0 Å². The summed E-state index contributed by atoms with van der Waals surface area (Å²) in [5.41, 5.74) is 4.10. The van der Waals surface area contributed by atoms with E-state index < -0.39 is 0 Å². The molecule has 1 heterocycles. The highest BCUT2D eigenvalue weighted by molar-refractivity contribution is 5.84. The van der Waals surface area contributed by atoms with Gasteiger partial charge in [0.05, 0.1) is 17.6 Å². The fraction of sp³-hybridized carbons (Fsp3) is 0.150. The number of allylic oxidation sites excluding steroid dienone is 3. The molecule has 0 saturated heterocycles. The van der Waals surface area contributed by atoms with Crippen LogP contribution in [0.25, 0.3) is 16.5 Å². The number of hydrogen-bond donors (Lipinski definition) is 0. The molecule has 0 aliphatic rings. The lowest BCUT2D eigenvalue weighted by Crippen LogP contribution is -1.94. The van der Waals surface area contributed by atoms with E-state index in [9.17, 15) is 0 Å². The summed E-state index contributed by atoms with van der Waals surface area (Å²) >= 11 is 0. The molecule has 3 rings (SSSR count). The molecule has 120 valence electrons. The van der Waals surface area contributed by atoms with Crippen LogP contribution in [0.5, 0.6) is 0 Å². The molecule has 0 fully saturated rings. The molecule has 1 aromatic heterocycles. The van der Waals surface area contributed by atoms with E-state index in [2.05, 4.69) is 52.2 Å². The molecule has 0 aliphatic carbocycles. The third-order valence-corrected chi connectivity index (χ3v) is 3.99. The van der Waals surface area contributed by atoms with E-state index >= 15 is 0 Å². The van der Waals surface area contributed by atoms with Crippen molar-refractivity contribution < 1.29 is 0 Å². The van der Waals surface area contributed by atoms with Crippen molar-refractivity contribution in [3.05, 3.63) is 84.3 Å². The predicted octanol–water partition coefficient (Wildman–Crippen LogP) is 5.11. The monoisotopic (exact) mass is 316 g/mol. The zero-order chi connectivity index (χ0) is 16.9. The second-order valence-electron chi connectivity index (χ2n) is 5.62. The minimum atomic E-state index is 0.738. The van der Waals surface area contributed by atoms with Gasteiger partial charge in [-0.05, 0) is 41.0 Å². The van der Waals surface area contributed by atoms with E-state index in [1.54, 1.807) is 7.05 Å². The topological polar surface area (TPSA) is 42.5 Å². The van der Waals surface area contributed by atoms with Gasteiger partial charge in [0.2, 0.25) is 0 Å². The molecule has 0 saturated carbocycles. The lowest BCUT2D eigenvalue weighted by Gasteiger charge is -2.04. The number of rotatable bonds is 5. The normalized spacial score (nSPS) is 12.6. The van der Waals surface area contributed by atoms with Gasteiger partial charge in [-0.1, -0.05) is 43.0 Å². The van der Waals surface area contributed by atoms with E-state index in [1.807, 2.05) is 42.2 Å². The third-order valence-electron chi connectivity index (χ3n) is 3.99. The highest BCUT2D eigenvalue weighted by Gasteiger charge is 2.05. The second-order valence-corrected chi connectivity index (χ2v) is 5.62. The van der Waals surface area contributed by atoms with E-state index in [4.69, 9.17) is 0 Å². The van der Waals surface area contributed by atoms with Gasteiger partial charge in [0, 0.05) is 19.7 Å². The maximum Gasteiger partial charge on any atom is 0.0652 e. The first-order chi connectivity index (χ1) is 11.7. The molecule has 4 heteroatoms. The summed E-state index contributed by atoms with van der Waals surface area (Å²) < 4.78 is 1.90. The van der Waals surface area contributed by atoms with Gasteiger partial charge in [0.25, 0.3) is 0 Å². The number of azo groups is 1. The first-order valence-electron chi connectivity index (χ1n) is 7.86. The number of aromatic nitrogens is 2. The maximum absolute atomic E-state index is 4.49. The average molecular weight is 316 g/mol. The van der Waals surface area contributed by atoms with Crippen molar-refractivity contribution in [2.24, 2.45) is 10.2 Å². The Morgan fingerprint density at radius 1 is 1.21 bits per heavy atom. The fourth-order valence-corrected chi connectivity index (χ4v) is 2.69. The van der Waals surface area contributed by atoms with E-state index in [1.165, 1.54) is 10.8 Å². The predicted molar refractivity (Wildman–Crippen MR) is 98.5 cm³/mol. The Labute approximate surface area is 141 Å². The van der Waals surface area contributed by atoms with Gasteiger partial charge >= 0.3 is 0 Å². The van der Waals surface area contributed by atoms with E-state index in [0.29, 0.717) is 0 Å². The van der Waals surface area contributed by atoms with Gasteiger partial charge in [-0.25, -0.2) is 4.68 Å². The lowest BCUT2D eigenvalue weighted by atomic mass is 10.1. The molecule has 24 heavy (non-hydrogen) atoms. The number of benzene rings is 2. The maximum atomic E-state index is 4.49. The summed E-state index contributed by atoms with van der Waals surface area (Å²) in [6.45, 7) is 5.82. The van der Waals surface area contributed by atoms with Gasteiger partial charge in [-0.2, -0.15) is 15.3 Å². The molecular formula is C20H20N4. The van der Waals surface area contributed by atoms with Crippen LogP contribution in [0.4, 0.5) is 0 Å². The number of hydrogen-bond acceptors (Lipinski definition) is 3. The van der Waals surface area contributed by atoms with Crippen LogP contribution < -0.4 is 0 Å². The van der Waals surface area contributed by atoms with Crippen molar-refractivity contribution in [1.29, 1.82) is 0 Å². The zero-order valence-electron chi connectivity index (χ0n) is 14.0. The lowest BCUT2D eigenvalue weighted by molar-refractivity contribution is 0.881. The van der Waals surface area contributed by atoms with Gasteiger partial charge in [-0.15, -0.1) is 0 Å². The summed E-state index contributed by atoms with van der Waals surface area (Å²) in [7, 11) is 1.67. The van der Waals surface area contributed by atoms with Crippen molar-refractivity contribution in [2.75, 3.05) is 7.05 Å². The highest BCUT2D eigenvalue weighted by Crippen LogP contribution is 2.20. The van der Waals surface area contributed by atoms with Crippen LogP contribution in [0.2, 0.25) is 0 Å². The Morgan fingerprint density at radius 2 is 2.00 bits per heavy atom. The smallest absolute Gasteiger partial charge is 0.0652 e. The minimum Gasteiger partial charge on any atom is -0.241 e. The van der Waals surface area contributed by atoms with Gasteiger partial charge in [0.1, 0.15) is 0 Å². The average Bonchev–Trinajstić information content (AvgIpc) is 3.08. The Kier molecular flexibility index (Phi) is 4.66. The molecule has 0 bridgehead atoms. The summed E-state index contributed by atoms with van der Waals surface area (Å²) in [5.74, 6) is 0. The second kappa shape index (κ2) is 7.04. The first-order valence-corrected chi connectivity index (χ1v) is 7.86. The molecule has 0 spiro atoms. The fourth-order valence-electron chi connectivity index (χ4n) is 2.69. The van der Waals surface area contributed by atoms with Crippen molar-refractivity contribution in [3.8, 4) is 5.69 Å². The zero-order valence-corrected chi connectivity index (χ0v) is 14.0. The van der Waals surface area contributed by atoms with E-state index in [-0.39, 0.29) is 0 Å². The van der Waals surface area contributed by atoms with Gasteiger partial charge in [0.15, 0.2) is 0 Å². The van der Waals surface area contributed by atoms with Crippen LogP contribution in [-0.2, 0) is 6.42 Å². The molecule has 0 amide bonds. The van der Waals surface area contributed by atoms with Crippen molar-refractivity contribution >= 4 is 10.8 Å². The van der Waals surface area contributed by atoms with Crippen LogP contribution in [0.15, 0.2) is 89.0 Å². The highest BCUT2D eigenvalue weighted by atomic mass is 15.3. The SMILES string of the molecule is C=C/C(Cc1cnn(-c2ccc3ccccc3c2)c1)=C(C)/N=N\C. The number of nitrogens with zero attached hydrogens (tertiary/aromatic N) is 4. The Balaban J connectivity index is 1.89. The first kappa shape index (κ1) is 15.9. The summed E-state index contributed by atoms with van der Waals surface area (Å²) in [4.78, 5) is 0. The number of fused-ring (bicyclic) bond motifs is 1. The van der Waals surface area contributed by atoms with Crippen LogP contribution in [-0.4, -0.2) is 16.8 Å². The third kappa shape index (κ3) is 3.33. The summed E-state index contributed by atoms with van der Waals surface area (Å²) in [6.07, 6.45) is 6.50. The summed E-state index contributed by atoms with van der Waals surface area (Å²) in [6, 6.07) is 14.7. The molecule has 0 radical (unpaired) electrons. The minimum absolute atomic E-state index is 0.738. The molecule has 0 N–H and O–H groups in total. The standard InChI is InChI=1S/C20H20N4/c1-4-17(15(2)23-21-3)11-16-13-22-24(14-16)20-10-9-18-7-5-6-8-19(18)12-20/h4-10,12-14H,1,11H2,2-3H3/b17-15-,23-21-. The van der Waals surface area contributed by atoms with Crippen molar-refractivity contribution in [2.45, 2.75) is 13.3 Å². The van der Waals surface area contributed by atoms with Crippen molar-refractivity contribution in [3.63, 3.8) is 0 Å². The summed E-state index contributed by atoms with van der Waals surface area (Å²) in [5, 5.41) is 14.8. The molecule has 0 atom stereocenters. The quantitative estimate of drug-likeness (QED) is 0.476. The Bertz CT molecular complexity index is 931.